The normalized spacial score (nSPS) is 13.8. The SMILES string of the molecule is Cc1ccc(Cn2c(=O)c(N3CCN(C(=O)Nc4ccc(C)c(C)c4)CC3)nc3cccnc32)cc1. The molecular formula is C28H30N6O2. The predicted octanol–water partition coefficient (Wildman–Crippen LogP) is 4.12. The summed E-state index contributed by atoms with van der Waals surface area (Å²) in [5.74, 6) is 0.400. The highest BCUT2D eigenvalue weighted by atomic mass is 16.2. The number of rotatable bonds is 4. The van der Waals surface area contributed by atoms with Gasteiger partial charge in [-0.05, 0) is 61.7 Å². The number of aromatic nitrogens is 3. The number of carbonyl (C=O) groups is 1. The van der Waals surface area contributed by atoms with Crippen molar-refractivity contribution >= 4 is 28.7 Å². The Morgan fingerprint density at radius 2 is 1.69 bits per heavy atom. The summed E-state index contributed by atoms with van der Waals surface area (Å²) in [6, 6.07) is 17.6. The van der Waals surface area contributed by atoms with Crippen LogP contribution < -0.4 is 15.8 Å². The van der Waals surface area contributed by atoms with Gasteiger partial charge in [-0.25, -0.2) is 14.8 Å². The number of pyridine rings is 1. The highest BCUT2D eigenvalue weighted by Crippen LogP contribution is 2.18. The van der Waals surface area contributed by atoms with E-state index in [1.165, 1.54) is 11.1 Å². The van der Waals surface area contributed by atoms with Crippen molar-refractivity contribution < 1.29 is 4.79 Å². The van der Waals surface area contributed by atoms with E-state index < -0.39 is 0 Å². The van der Waals surface area contributed by atoms with Gasteiger partial charge >= 0.3 is 6.03 Å². The summed E-state index contributed by atoms with van der Waals surface area (Å²) in [7, 11) is 0. The minimum absolute atomic E-state index is 0.134. The number of hydrogen-bond acceptors (Lipinski definition) is 5. The van der Waals surface area contributed by atoms with Crippen molar-refractivity contribution in [3.8, 4) is 0 Å². The molecule has 3 heterocycles. The number of hydrogen-bond donors (Lipinski definition) is 1. The van der Waals surface area contributed by atoms with Crippen LogP contribution in [-0.2, 0) is 6.54 Å². The van der Waals surface area contributed by atoms with E-state index in [0.717, 1.165) is 16.8 Å². The van der Waals surface area contributed by atoms with Crippen LogP contribution in [0.15, 0.2) is 65.6 Å². The summed E-state index contributed by atoms with van der Waals surface area (Å²) in [5.41, 5.74) is 6.38. The summed E-state index contributed by atoms with van der Waals surface area (Å²) in [4.78, 5) is 39.3. The number of fused-ring (bicyclic) bond motifs is 1. The summed E-state index contributed by atoms with van der Waals surface area (Å²) >= 11 is 0. The molecule has 0 radical (unpaired) electrons. The fourth-order valence-corrected chi connectivity index (χ4v) is 4.43. The third-order valence-electron chi connectivity index (χ3n) is 6.77. The smallest absolute Gasteiger partial charge is 0.321 e. The quantitative estimate of drug-likeness (QED) is 0.473. The molecule has 36 heavy (non-hydrogen) atoms. The van der Waals surface area contributed by atoms with E-state index in [0.29, 0.717) is 49.7 Å². The van der Waals surface area contributed by atoms with Gasteiger partial charge in [-0.3, -0.25) is 9.36 Å². The summed E-state index contributed by atoms with van der Waals surface area (Å²) in [5, 5.41) is 2.99. The Bertz CT molecular complexity index is 1470. The van der Waals surface area contributed by atoms with Gasteiger partial charge in [-0.1, -0.05) is 35.9 Å². The molecule has 0 spiro atoms. The Hall–Kier alpha value is -4.20. The van der Waals surface area contributed by atoms with E-state index in [1.54, 1.807) is 15.7 Å². The van der Waals surface area contributed by atoms with E-state index in [9.17, 15) is 9.59 Å². The molecule has 1 saturated heterocycles. The number of urea groups is 1. The summed E-state index contributed by atoms with van der Waals surface area (Å²) in [6.45, 7) is 8.59. The van der Waals surface area contributed by atoms with Crippen LogP contribution in [0.3, 0.4) is 0 Å². The number of amides is 2. The number of anilines is 2. The van der Waals surface area contributed by atoms with Gasteiger partial charge in [0, 0.05) is 38.1 Å². The van der Waals surface area contributed by atoms with Crippen LogP contribution in [0.25, 0.3) is 11.2 Å². The third-order valence-corrected chi connectivity index (χ3v) is 6.77. The van der Waals surface area contributed by atoms with Crippen LogP contribution in [-0.4, -0.2) is 51.6 Å². The molecule has 1 aliphatic rings. The van der Waals surface area contributed by atoms with Gasteiger partial charge in [-0.2, -0.15) is 0 Å². The van der Waals surface area contributed by atoms with Crippen LogP contribution in [0.5, 0.6) is 0 Å². The first-order valence-corrected chi connectivity index (χ1v) is 12.2. The molecule has 184 valence electrons. The van der Waals surface area contributed by atoms with Gasteiger partial charge in [0.05, 0.1) is 6.54 Å². The molecule has 0 unspecified atom stereocenters. The maximum atomic E-state index is 13.6. The molecule has 5 rings (SSSR count). The second-order valence-electron chi connectivity index (χ2n) is 9.36. The van der Waals surface area contributed by atoms with Gasteiger partial charge in [0.25, 0.3) is 5.56 Å². The van der Waals surface area contributed by atoms with Gasteiger partial charge < -0.3 is 15.1 Å². The van der Waals surface area contributed by atoms with E-state index in [-0.39, 0.29) is 11.6 Å². The first-order valence-electron chi connectivity index (χ1n) is 12.2. The molecule has 0 atom stereocenters. The zero-order valence-corrected chi connectivity index (χ0v) is 20.9. The Morgan fingerprint density at radius 3 is 2.42 bits per heavy atom. The highest BCUT2D eigenvalue weighted by molar-refractivity contribution is 5.89. The topological polar surface area (TPSA) is 83.4 Å². The van der Waals surface area contributed by atoms with Crippen LogP contribution in [0, 0.1) is 20.8 Å². The minimum Gasteiger partial charge on any atom is -0.348 e. The van der Waals surface area contributed by atoms with Crippen molar-refractivity contribution in [1.29, 1.82) is 0 Å². The molecule has 2 amide bonds. The zero-order chi connectivity index (χ0) is 25.2. The lowest BCUT2D eigenvalue weighted by atomic mass is 10.1. The molecule has 1 aliphatic heterocycles. The second-order valence-corrected chi connectivity index (χ2v) is 9.36. The van der Waals surface area contributed by atoms with Gasteiger partial charge in [0.15, 0.2) is 11.5 Å². The number of nitrogens with one attached hydrogen (secondary N) is 1. The molecule has 8 heteroatoms. The van der Waals surface area contributed by atoms with Crippen molar-refractivity contribution in [2.45, 2.75) is 27.3 Å². The maximum absolute atomic E-state index is 13.6. The van der Waals surface area contributed by atoms with Gasteiger partial charge in [0.2, 0.25) is 0 Å². The van der Waals surface area contributed by atoms with Crippen molar-refractivity contribution in [3.63, 3.8) is 0 Å². The Kier molecular flexibility index (Phi) is 6.41. The van der Waals surface area contributed by atoms with Crippen molar-refractivity contribution in [3.05, 3.63) is 93.4 Å². The molecule has 2 aromatic carbocycles. The standard InChI is InChI=1S/C28H30N6O2/c1-19-6-9-22(10-7-19)18-34-25-24(5-4-12-29-25)31-26(27(34)35)32-13-15-33(16-14-32)28(36)30-23-11-8-20(2)21(3)17-23/h4-12,17H,13-16,18H2,1-3H3,(H,30,36). The number of piperazine rings is 1. The largest absolute Gasteiger partial charge is 0.348 e. The molecular weight excluding hydrogens is 452 g/mol. The lowest BCUT2D eigenvalue weighted by Gasteiger charge is -2.35. The van der Waals surface area contributed by atoms with Crippen LogP contribution in [0.4, 0.5) is 16.3 Å². The number of benzene rings is 2. The highest BCUT2D eigenvalue weighted by Gasteiger charge is 2.25. The van der Waals surface area contributed by atoms with Gasteiger partial charge in [0.1, 0.15) is 5.52 Å². The average molecular weight is 483 g/mol. The molecule has 0 aliphatic carbocycles. The van der Waals surface area contributed by atoms with Crippen LogP contribution in [0.2, 0.25) is 0 Å². The molecule has 0 bridgehead atoms. The summed E-state index contributed by atoms with van der Waals surface area (Å²) in [6.07, 6.45) is 1.68. The predicted molar refractivity (Wildman–Crippen MR) is 143 cm³/mol. The van der Waals surface area contributed by atoms with Gasteiger partial charge in [-0.15, -0.1) is 0 Å². The van der Waals surface area contributed by atoms with E-state index in [2.05, 4.69) is 15.3 Å². The third kappa shape index (κ3) is 4.79. The number of nitrogens with zero attached hydrogens (tertiary/aromatic N) is 5. The molecule has 8 nitrogen and oxygen atoms in total. The molecule has 2 aromatic heterocycles. The Morgan fingerprint density at radius 1 is 0.944 bits per heavy atom. The number of carbonyl (C=O) groups excluding carboxylic acids is 1. The fraction of sp³-hybridized carbons (Fsp3) is 0.286. The van der Waals surface area contributed by atoms with E-state index in [4.69, 9.17) is 0 Å². The zero-order valence-electron chi connectivity index (χ0n) is 20.9. The second kappa shape index (κ2) is 9.81. The minimum atomic E-state index is -0.171. The molecule has 1 fully saturated rings. The first kappa shape index (κ1) is 23.5. The first-order chi connectivity index (χ1) is 17.4. The molecule has 0 saturated carbocycles. The Balaban J connectivity index is 1.35. The Labute approximate surface area is 210 Å². The summed E-state index contributed by atoms with van der Waals surface area (Å²) < 4.78 is 1.70. The maximum Gasteiger partial charge on any atom is 0.321 e. The monoisotopic (exact) mass is 482 g/mol. The lowest BCUT2D eigenvalue weighted by molar-refractivity contribution is 0.208. The van der Waals surface area contributed by atoms with Crippen molar-refractivity contribution in [1.82, 2.24) is 19.4 Å². The van der Waals surface area contributed by atoms with Crippen LogP contribution >= 0.6 is 0 Å². The van der Waals surface area contributed by atoms with E-state index in [1.807, 2.05) is 80.3 Å². The van der Waals surface area contributed by atoms with Crippen molar-refractivity contribution in [2.24, 2.45) is 0 Å². The fourth-order valence-electron chi connectivity index (χ4n) is 4.43. The van der Waals surface area contributed by atoms with Crippen LogP contribution in [0.1, 0.15) is 22.3 Å². The molecule has 4 aromatic rings. The van der Waals surface area contributed by atoms with E-state index >= 15 is 0 Å². The van der Waals surface area contributed by atoms with Crippen molar-refractivity contribution in [2.75, 3.05) is 36.4 Å². The molecule has 1 N–H and O–H groups in total. The number of aryl methyl sites for hydroxylation is 3. The average Bonchev–Trinajstić information content (AvgIpc) is 2.89. The lowest BCUT2D eigenvalue weighted by Crippen LogP contribution is -2.51.